The number of carboxylic acids is 1. The third-order valence-corrected chi connectivity index (χ3v) is 5.64. The Bertz CT molecular complexity index is 1020. The predicted octanol–water partition coefficient (Wildman–Crippen LogP) is 3.73. The maximum Gasteiger partial charge on any atom is 0.326 e. The number of aryl methyl sites for hydroxylation is 1. The van der Waals surface area contributed by atoms with Crippen molar-refractivity contribution in [2.75, 3.05) is 7.11 Å². The average Bonchev–Trinajstić information content (AvgIpc) is 3.03. The monoisotopic (exact) mass is 372 g/mol. The maximum atomic E-state index is 13.1. The number of aliphatic carboxylic acids is 1. The van der Waals surface area contributed by atoms with Gasteiger partial charge in [0.15, 0.2) is 0 Å². The predicted molar refractivity (Wildman–Crippen MR) is 102 cm³/mol. The van der Waals surface area contributed by atoms with Crippen molar-refractivity contribution in [2.45, 2.75) is 32.7 Å². The summed E-state index contributed by atoms with van der Waals surface area (Å²) >= 11 is 1.47. The SMILES string of the molecule is CCc1sc2ncn(C(CC)C(=O)O)c(=O)c2c1-c1cccc(OC)c1. The van der Waals surface area contributed by atoms with Crippen molar-refractivity contribution in [3.05, 3.63) is 45.8 Å². The smallest absolute Gasteiger partial charge is 0.326 e. The van der Waals surface area contributed by atoms with Crippen molar-refractivity contribution in [3.63, 3.8) is 0 Å². The van der Waals surface area contributed by atoms with Crippen LogP contribution in [0.15, 0.2) is 35.4 Å². The summed E-state index contributed by atoms with van der Waals surface area (Å²) in [6.07, 6.45) is 2.41. The van der Waals surface area contributed by atoms with Crippen LogP contribution in [0.5, 0.6) is 5.75 Å². The maximum absolute atomic E-state index is 13.1. The molecule has 0 aliphatic rings. The van der Waals surface area contributed by atoms with Crippen LogP contribution >= 0.6 is 11.3 Å². The molecule has 2 aromatic heterocycles. The van der Waals surface area contributed by atoms with Crippen molar-refractivity contribution in [1.82, 2.24) is 9.55 Å². The number of hydrogen-bond donors (Lipinski definition) is 1. The van der Waals surface area contributed by atoms with Gasteiger partial charge in [0, 0.05) is 10.4 Å². The number of benzene rings is 1. The number of ether oxygens (including phenoxy) is 1. The number of nitrogens with zero attached hydrogens (tertiary/aromatic N) is 2. The zero-order chi connectivity index (χ0) is 18.8. The molecule has 0 saturated heterocycles. The molecule has 0 aliphatic carbocycles. The van der Waals surface area contributed by atoms with Crippen LogP contribution < -0.4 is 10.3 Å². The van der Waals surface area contributed by atoms with Gasteiger partial charge >= 0.3 is 5.97 Å². The minimum absolute atomic E-state index is 0.307. The Hall–Kier alpha value is -2.67. The molecule has 0 fully saturated rings. The van der Waals surface area contributed by atoms with E-state index in [0.29, 0.717) is 22.4 Å². The third-order valence-electron chi connectivity index (χ3n) is 4.40. The fourth-order valence-electron chi connectivity index (χ4n) is 3.10. The van der Waals surface area contributed by atoms with Crippen LogP contribution in [-0.2, 0) is 11.2 Å². The Morgan fingerprint density at radius 3 is 2.77 bits per heavy atom. The molecule has 0 spiro atoms. The summed E-state index contributed by atoms with van der Waals surface area (Å²) in [6.45, 7) is 3.77. The molecule has 26 heavy (non-hydrogen) atoms. The Balaban J connectivity index is 2.34. The largest absolute Gasteiger partial charge is 0.497 e. The molecule has 1 N–H and O–H groups in total. The van der Waals surface area contributed by atoms with Gasteiger partial charge in [0.2, 0.25) is 0 Å². The molecule has 1 atom stereocenters. The van der Waals surface area contributed by atoms with Crippen molar-refractivity contribution < 1.29 is 14.6 Å². The summed E-state index contributed by atoms with van der Waals surface area (Å²) in [4.78, 5) is 30.7. The molecule has 7 heteroatoms. The molecular formula is C19H20N2O4S. The summed E-state index contributed by atoms with van der Waals surface area (Å²) in [5.74, 6) is -0.338. The van der Waals surface area contributed by atoms with Gasteiger partial charge in [0.1, 0.15) is 16.6 Å². The first-order valence-corrected chi connectivity index (χ1v) is 9.23. The standard InChI is InChI=1S/C19H20N2O4S/c1-4-13(19(23)24)21-10-20-17-16(18(21)22)15(14(5-2)26-17)11-7-6-8-12(9-11)25-3/h6-10,13H,4-5H2,1-3H3,(H,23,24). The third kappa shape index (κ3) is 2.99. The van der Waals surface area contributed by atoms with E-state index in [9.17, 15) is 14.7 Å². The summed E-state index contributed by atoms with van der Waals surface area (Å²) in [5, 5.41) is 9.90. The molecule has 0 amide bonds. The zero-order valence-corrected chi connectivity index (χ0v) is 15.7. The van der Waals surface area contributed by atoms with Crippen molar-refractivity contribution in [3.8, 4) is 16.9 Å². The highest BCUT2D eigenvalue weighted by molar-refractivity contribution is 7.19. The summed E-state index contributed by atoms with van der Waals surface area (Å²) in [5.41, 5.74) is 1.36. The molecule has 6 nitrogen and oxygen atoms in total. The molecule has 136 valence electrons. The summed E-state index contributed by atoms with van der Waals surface area (Å²) < 4.78 is 6.53. The lowest BCUT2D eigenvalue weighted by Gasteiger charge is -2.13. The van der Waals surface area contributed by atoms with Crippen LogP contribution in [0.3, 0.4) is 0 Å². The van der Waals surface area contributed by atoms with Gasteiger partial charge < -0.3 is 9.84 Å². The molecule has 1 aromatic carbocycles. The topological polar surface area (TPSA) is 81.4 Å². The zero-order valence-electron chi connectivity index (χ0n) is 14.9. The Morgan fingerprint density at radius 1 is 1.38 bits per heavy atom. The lowest BCUT2D eigenvalue weighted by molar-refractivity contribution is -0.141. The molecule has 3 rings (SSSR count). The van der Waals surface area contributed by atoms with Crippen molar-refractivity contribution in [1.29, 1.82) is 0 Å². The average molecular weight is 372 g/mol. The second kappa shape index (κ2) is 7.29. The number of aromatic nitrogens is 2. The van der Waals surface area contributed by atoms with E-state index in [0.717, 1.165) is 22.4 Å². The van der Waals surface area contributed by atoms with Crippen LogP contribution in [0.2, 0.25) is 0 Å². The highest BCUT2D eigenvalue weighted by Gasteiger charge is 2.23. The Labute approximate surface area is 154 Å². The number of hydrogen-bond acceptors (Lipinski definition) is 5. The van der Waals surface area contributed by atoms with Crippen LogP contribution in [0.1, 0.15) is 31.2 Å². The van der Waals surface area contributed by atoms with Gasteiger partial charge in [-0.25, -0.2) is 9.78 Å². The number of carbonyl (C=O) groups is 1. The number of rotatable bonds is 6. The van der Waals surface area contributed by atoms with E-state index in [2.05, 4.69) is 4.98 Å². The second-order valence-electron chi connectivity index (χ2n) is 5.89. The first-order chi connectivity index (χ1) is 12.5. The minimum atomic E-state index is -1.04. The van der Waals surface area contributed by atoms with E-state index in [-0.39, 0.29) is 5.56 Å². The van der Waals surface area contributed by atoms with Gasteiger partial charge in [-0.2, -0.15) is 0 Å². The van der Waals surface area contributed by atoms with Gasteiger partial charge in [-0.15, -0.1) is 11.3 Å². The normalized spacial score (nSPS) is 12.3. The first kappa shape index (κ1) is 18.1. The first-order valence-electron chi connectivity index (χ1n) is 8.41. The van der Waals surface area contributed by atoms with Gasteiger partial charge in [0.25, 0.3) is 5.56 Å². The fourth-order valence-corrected chi connectivity index (χ4v) is 4.19. The molecule has 0 aliphatic heterocycles. The molecule has 0 saturated carbocycles. The molecule has 0 bridgehead atoms. The highest BCUT2D eigenvalue weighted by atomic mass is 32.1. The molecule has 2 heterocycles. The molecule has 1 unspecified atom stereocenters. The summed E-state index contributed by atoms with van der Waals surface area (Å²) in [7, 11) is 1.60. The van der Waals surface area contributed by atoms with Crippen LogP contribution in [-0.4, -0.2) is 27.7 Å². The lowest BCUT2D eigenvalue weighted by Crippen LogP contribution is -2.29. The van der Waals surface area contributed by atoms with E-state index in [4.69, 9.17) is 4.74 Å². The molecule has 0 radical (unpaired) electrons. The van der Waals surface area contributed by atoms with Gasteiger partial charge in [-0.1, -0.05) is 26.0 Å². The Morgan fingerprint density at radius 2 is 2.15 bits per heavy atom. The van der Waals surface area contributed by atoms with Crippen molar-refractivity contribution >= 4 is 27.5 Å². The highest BCUT2D eigenvalue weighted by Crippen LogP contribution is 2.37. The number of methoxy groups -OCH3 is 1. The fraction of sp³-hybridized carbons (Fsp3) is 0.316. The van der Waals surface area contributed by atoms with E-state index in [1.807, 2.05) is 31.2 Å². The van der Waals surface area contributed by atoms with Crippen LogP contribution in [0.25, 0.3) is 21.3 Å². The van der Waals surface area contributed by atoms with E-state index in [1.165, 1.54) is 22.2 Å². The van der Waals surface area contributed by atoms with E-state index in [1.54, 1.807) is 14.0 Å². The van der Waals surface area contributed by atoms with E-state index >= 15 is 0 Å². The second-order valence-corrected chi connectivity index (χ2v) is 6.97. The van der Waals surface area contributed by atoms with Crippen LogP contribution in [0.4, 0.5) is 0 Å². The Kier molecular flexibility index (Phi) is 5.08. The van der Waals surface area contributed by atoms with Gasteiger partial charge in [-0.3, -0.25) is 9.36 Å². The number of thiophene rings is 1. The van der Waals surface area contributed by atoms with Crippen LogP contribution in [0, 0.1) is 0 Å². The van der Waals surface area contributed by atoms with Gasteiger partial charge in [0.05, 0.1) is 18.8 Å². The number of carboxylic acid groups (broad SMARTS) is 1. The quantitative estimate of drug-likeness (QED) is 0.713. The minimum Gasteiger partial charge on any atom is -0.497 e. The number of fused-ring (bicyclic) bond motifs is 1. The lowest BCUT2D eigenvalue weighted by atomic mass is 10.0. The summed E-state index contributed by atoms with van der Waals surface area (Å²) in [6, 6.07) is 6.60. The van der Waals surface area contributed by atoms with E-state index < -0.39 is 12.0 Å². The van der Waals surface area contributed by atoms with Crippen molar-refractivity contribution in [2.24, 2.45) is 0 Å². The van der Waals surface area contributed by atoms with Gasteiger partial charge in [-0.05, 0) is 30.5 Å². The molecule has 3 aromatic rings. The molecular weight excluding hydrogens is 352 g/mol.